The Labute approximate surface area is 112 Å². The number of carbonyl (C=O) groups excluding carboxylic acids is 1. The molecule has 0 bridgehead atoms. The molecule has 19 heavy (non-hydrogen) atoms. The number of carbonyl (C=O) groups is 1. The largest absolute Gasteiger partial charge is 0.322 e. The molecule has 2 aromatic carbocycles. The molecule has 0 saturated carbocycles. The average Bonchev–Trinajstić information content (AvgIpc) is 2.41. The van der Waals surface area contributed by atoms with E-state index in [0.29, 0.717) is 5.69 Å². The van der Waals surface area contributed by atoms with E-state index in [9.17, 15) is 13.6 Å². The van der Waals surface area contributed by atoms with Crippen molar-refractivity contribution in [2.45, 2.75) is 4.90 Å². The van der Waals surface area contributed by atoms with Crippen molar-refractivity contribution in [3.63, 3.8) is 0 Å². The summed E-state index contributed by atoms with van der Waals surface area (Å²) in [6.45, 7) is 0. The van der Waals surface area contributed by atoms with Gasteiger partial charge >= 0.3 is 0 Å². The lowest BCUT2D eigenvalue weighted by atomic mass is 10.2. The standard InChI is InChI=1S/C13H10F2N2OS/c14-8-4-5-12(15)11(6-8)13(18)17-9-2-1-3-10(7-9)19-16/h1-7H,16H2,(H,17,18). The number of rotatable bonds is 3. The first-order valence-electron chi connectivity index (χ1n) is 5.33. The van der Waals surface area contributed by atoms with Gasteiger partial charge in [-0.25, -0.2) is 8.78 Å². The highest BCUT2D eigenvalue weighted by molar-refractivity contribution is 7.97. The third kappa shape index (κ3) is 3.30. The Balaban J connectivity index is 2.23. The summed E-state index contributed by atoms with van der Waals surface area (Å²) in [6.07, 6.45) is 0. The van der Waals surface area contributed by atoms with E-state index in [2.05, 4.69) is 5.32 Å². The number of hydrogen-bond donors (Lipinski definition) is 2. The van der Waals surface area contributed by atoms with Gasteiger partial charge in [0, 0.05) is 10.6 Å². The topological polar surface area (TPSA) is 55.1 Å². The van der Waals surface area contributed by atoms with Gasteiger partial charge < -0.3 is 5.32 Å². The average molecular weight is 280 g/mol. The second-order valence-electron chi connectivity index (χ2n) is 3.72. The van der Waals surface area contributed by atoms with Gasteiger partial charge in [0.1, 0.15) is 11.6 Å². The minimum absolute atomic E-state index is 0.342. The normalized spacial score (nSPS) is 10.3. The minimum Gasteiger partial charge on any atom is -0.322 e. The van der Waals surface area contributed by atoms with Gasteiger partial charge in [-0.15, -0.1) is 0 Å². The zero-order chi connectivity index (χ0) is 13.8. The summed E-state index contributed by atoms with van der Waals surface area (Å²) >= 11 is 1.03. The van der Waals surface area contributed by atoms with Crippen molar-refractivity contribution >= 4 is 23.5 Å². The van der Waals surface area contributed by atoms with Crippen molar-refractivity contribution in [1.29, 1.82) is 0 Å². The summed E-state index contributed by atoms with van der Waals surface area (Å²) in [5.74, 6) is -2.16. The number of anilines is 1. The van der Waals surface area contributed by atoms with Crippen molar-refractivity contribution in [2.24, 2.45) is 5.14 Å². The molecule has 0 heterocycles. The van der Waals surface area contributed by atoms with Crippen LogP contribution in [-0.4, -0.2) is 5.91 Å². The lowest BCUT2D eigenvalue weighted by Gasteiger charge is -2.07. The molecule has 0 aliphatic carbocycles. The number of amides is 1. The Morgan fingerprint density at radius 2 is 1.95 bits per heavy atom. The summed E-state index contributed by atoms with van der Waals surface area (Å²) in [4.78, 5) is 12.6. The van der Waals surface area contributed by atoms with Gasteiger partial charge in [0.05, 0.1) is 5.56 Å². The molecule has 0 fully saturated rings. The molecule has 3 N–H and O–H groups in total. The molecule has 0 aliphatic rings. The molecule has 0 spiro atoms. The first-order chi connectivity index (χ1) is 9.10. The van der Waals surface area contributed by atoms with Crippen LogP contribution in [0.4, 0.5) is 14.5 Å². The highest BCUT2D eigenvalue weighted by Gasteiger charge is 2.13. The van der Waals surface area contributed by atoms with Crippen LogP contribution >= 0.6 is 11.9 Å². The van der Waals surface area contributed by atoms with Crippen LogP contribution in [-0.2, 0) is 0 Å². The lowest BCUT2D eigenvalue weighted by Crippen LogP contribution is -2.14. The zero-order valence-corrected chi connectivity index (χ0v) is 10.5. The van der Waals surface area contributed by atoms with Crippen molar-refractivity contribution in [3.8, 4) is 0 Å². The SMILES string of the molecule is NSc1cccc(NC(=O)c2cc(F)ccc2F)c1. The molecule has 6 heteroatoms. The van der Waals surface area contributed by atoms with Crippen LogP contribution in [0.2, 0.25) is 0 Å². The number of hydrogen-bond acceptors (Lipinski definition) is 3. The summed E-state index contributed by atoms with van der Waals surface area (Å²) in [7, 11) is 0. The third-order valence-corrected chi connectivity index (χ3v) is 2.93. The molecule has 3 nitrogen and oxygen atoms in total. The Morgan fingerprint density at radius 3 is 2.68 bits per heavy atom. The first-order valence-corrected chi connectivity index (χ1v) is 6.21. The molecule has 98 valence electrons. The van der Waals surface area contributed by atoms with Gasteiger partial charge in [-0.3, -0.25) is 9.93 Å². The van der Waals surface area contributed by atoms with Gasteiger partial charge in [-0.05, 0) is 48.3 Å². The summed E-state index contributed by atoms with van der Waals surface area (Å²) < 4.78 is 26.4. The highest BCUT2D eigenvalue weighted by atomic mass is 32.2. The van der Waals surface area contributed by atoms with Gasteiger partial charge in [-0.2, -0.15) is 0 Å². The van der Waals surface area contributed by atoms with E-state index in [1.54, 1.807) is 24.3 Å². The molecule has 2 rings (SSSR count). The second kappa shape index (κ2) is 5.81. The molecular formula is C13H10F2N2OS. The number of nitrogens with one attached hydrogen (secondary N) is 1. The lowest BCUT2D eigenvalue weighted by molar-refractivity contribution is 0.102. The molecule has 0 aliphatic heterocycles. The van der Waals surface area contributed by atoms with Gasteiger partial charge in [0.15, 0.2) is 0 Å². The molecule has 2 aromatic rings. The predicted molar refractivity (Wildman–Crippen MR) is 70.8 cm³/mol. The van der Waals surface area contributed by atoms with E-state index in [1.165, 1.54) is 0 Å². The van der Waals surface area contributed by atoms with E-state index < -0.39 is 17.5 Å². The fourth-order valence-corrected chi connectivity index (χ4v) is 1.87. The molecule has 0 radical (unpaired) electrons. The van der Waals surface area contributed by atoms with Gasteiger partial charge in [0.2, 0.25) is 0 Å². The Morgan fingerprint density at radius 1 is 1.16 bits per heavy atom. The first kappa shape index (κ1) is 13.5. The fourth-order valence-electron chi connectivity index (χ4n) is 1.52. The van der Waals surface area contributed by atoms with Crippen LogP contribution < -0.4 is 10.5 Å². The summed E-state index contributed by atoms with van der Waals surface area (Å²) in [5.41, 5.74) is 0.120. The van der Waals surface area contributed by atoms with Crippen LogP contribution in [0.25, 0.3) is 0 Å². The number of nitrogens with two attached hydrogens (primary N) is 1. The van der Waals surface area contributed by atoms with Crippen LogP contribution in [0, 0.1) is 11.6 Å². The molecule has 0 aromatic heterocycles. The Kier molecular flexibility index (Phi) is 4.13. The van der Waals surface area contributed by atoms with Crippen LogP contribution in [0.3, 0.4) is 0 Å². The van der Waals surface area contributed by atoms with E-state index in [4.69, 9.17) is 5.14 Å². The Bertz CT molecular complexity index is 619. The van der Waals surface area contributed by atoms with Crippen LogP contribution in [0.5, 0.6) is 0 Å². The summed E-state index contributed by atoms with van der Waals surface area (Å²) in [6, 6.07) is 9.46. The molecule has 1 amide bonds. The number of halogens is 2. The van der Waals surface area contributed by atoms with Crippen molar-refractivity contribution in [1.82, 2.24) is 0 Å². The van der Waals surface area contributed by atoms with E-state index >= 15 is 0 Å². The van der Waals surface area contributed by atoms with Gasteiger partial charge in [0.25, 0.3) is 5.91 Å². The van der Waals surface area contributed by atoms with Gasteiger partial charge in [-0.1, -0.05) is 6.07 Å². The monoisotopic (exact) mass is 280 g/mol. The smallest absolute Gasteiger partial charge is 0.258 e. The fraction of sp³-hybridized carbons (Fsp3) is 0. The van der Waals surface area contributed by atoms with Crippen molar-refractivity contribution in [3.05, 3.63) is 59.7 Å². The molecular weight excluding hydrogens is 270 g/mol. The minimum atomic E-state index is -0.775. The highest BCUT2D eigenvalue weighted by Crippen LogP contribution is 2.18. The van der Waals surface area contributed by atoms with Crippen molar-refractivity contribution < 1.29 is 13.6 Å². The molecule has 0 unspecified atom stereocenters. The maximum Gasteiger partial charge on any atom is 0.258 e. The predicted octanol–water partition coefficient (Wildman–Crippen LogP) is 3.18. The molecule has 0 saturated heterocycles. The van der Waals surface area contributed by atoms with E-state index in [1.807, 2.05) is 0 Å². The molecule has 0 atom stereocenters. The number of benzene rings is 2. The van der Waals surface area contributed by atoms with Crippen LogP contribution in [0.1, 0.15) is 10.4 Å². The van der Waals surface area contributed by atoms with Crippen molar-refractivity contribution in [2.75, 3.05) is 5.32 Å². The Hall–Kier alpha value is -1.92. The zero-order valence-electron chi connectivity index (χ0n) is 9.69. The summed E-state index contributed by atoms with van der Waals surface area (Å²) in [5, 5.41) is 7.89. The van der Waals surface area contributed by atoms with E-state index in [-0.39, 0.29) is 5.56 Å². The quantitative estimate of drug-likeness (QED) is 0.849. The maximum atomic E-state index is 13.4. The van der Waals surface area contributed by atoms with E-state index in [0.717, 1.165) is 35.0 Å². The maximum absolute atomic E-state index is 13.4. The third-order valence-electron chi connectivity index (χ3n) is 2.40. The van der Waals surface area contributed by atoms with Crippen LogP contribution in [0.15, 0.2) is 47.4 Å². The second-order valence-corrected chi connectivity index (χ2v) is 4.43.